The van der Waals surface area contributed by atoms with Crippen LogP contribution in [0.5, 0.6) is 0 Å². The van der Waals surface area contributed by atoms with Gasteiger partial charge in [-0.2, -0.15) is 0 Å². The molecule has 1 nitrogen and oxygen atoms in total. The van der Waals surface area contributed by atoms with Crippen molar-refractivity contribution in [1.29, 1.82) is 0 Å². The Balaban J connectivity index is 2.98. The molecule has 0 aromatic carbocycles. The second-order valence-electron chi connectivity index (χ2n) is 2.54. The first-order valence-corrected chi connectivity index (χ1v) is 3.79. The summed E-state index contributed by atoms with van der Waals surface area (Å²) >= 11 is 0. The van der Waals surface area contributed by atoms with E-state index in [1.165, 1.54) is 0 Å². The molecule has 0 bridgehead atoms. The molecule has 1 unspecified atom stereocenters. The van der Waals surface area contributed by atoms with Crippen molar-refractivity contribution >= 4 is 0 Å². The molecule has 1 N–H and O–H groups in total. The topological polar surface area (TPSA) is 20.2 Å². The maximum absolute atomic E-state index is 8.87. The van der Waals surface area contributed by atoms with Gasteiger partial charge in [-0.3, -0.25) is 0 Å². The van der Waals surface area contributed by atoms with Crippen molar-refractivity contribution < 1.29 is 5.11 Å². The van der Waals surface area contributed by atoms with Crippen LogP contribution in [0.1, 0.15) is 32.6 Å². The van der Waals surface area contributed by atoms with E-state index in [4.69, 9.17) is 5.11 Å². The lowest BCUT2D eigenvalue weighted by Crippen LogP contribution is -1.97. The van der Waals surface area contributed by atoms with Crippen molar-refractivity contribution in [3.05, 3.63) is 18.4 Å². The Morgan fingerprint density at radius 1 is 1.60 bits per heavy atom. The van der Waals surface area contributed by atoms with Crippen molar-refractivity contribution in [3.63, 3.8) is 0 Å². The van der Waals surface area contributed by atoms with Gasteiger partial charge in [0.05, 0.1) is 6.10 Å². The van der Waals surface area contributed by atoms with Gasteiger partial charge in [0.15, 0.2) is 0 Å². The van der Waals surface area contributed by atoms with Crippen LogP contribution in [-0.2, 0) is 0 Å². The van der Waals surface area contributed by atoms with E-state index in [9.17, 15) is 0 Å². The molecule has 1 atom stereocenters. The van der Waals surface area contributed by atoms with Crippen molar-refractivity contribution in [2.24, 2.45) is 0 Å². The first-order valence-electron chi connectivity index (χ1n) is 3.79. The van der Waals surface area contributed by atoms with Crippen molar-refractivity contribution in [3.8, 4) is 0 Å². The molecule has 1 heteroatoms. The summed E-state index contributed by atoms with van der Waals surface area (Å²) in [5, 5.41) is 8.87. The number of hydrogen-bond acceptors (Lipinski definition) is 1. The second-order valence-corrected chi connectivity index (χ2v) is 2.54. The Morgan fingerprint density at radius 3 is 2.80 bits per heavy atom. The zero-order valence-corrected chi connectivity index (χ0v) is 6.64. The first kappa shape index (κ1) is 9.48. The molecule has 0 radical (unpaired) electrons. The lowest BCUT2D eigenvalue weighted by molar-refractivity contribution is 0.181. The largest absolute Gasteiger partial charge is 0.393 e. The first-order chi connectivity index (χ1) is 4.77. The third kappa shape index (κ3) is 7.48. The molecule has 0 aliphatic rings. The number of hydrogen-bond donors (Lipinski definition) is 1. The monoisotopic (exact) mass is 140 g/mol. The van der Waals surface area contributed by atoms with Gasteiger partial charge in [-0.05, 0) is 32.3 Å². The van der Waals surface area contributed by atoms with Crippen LogP contribution in [0.25, 0.3) is 0 Å². The summed E-state index contributed by atoms with van der Waals surface area (Å²) in [5.41, 5.74) is 2.72. The summed E-state index contributed by atoms with van der Waals surface area (Å²) in [6.07, 6.45) is 5.96. The minimum absolute atomic E-state index is 0.146. The second kappa shape index (κ2) is 6.60. The van der Waals surface area contributed by atoms with Crippen LogP contribution < -0.4 is 0 Å². The lowest BCUT2D eigenvalue weighted by atomic mass is 10.1. The van der Waals surface area contributed by atoms with Crippen LogP contribution in [-0.4, -0.2) is 11.2 Å². The summed E-state index contributed by atoms with van der Waals surface area (Å²) < 4.78 is 0. The van der Waals surface area contributed by atoms with Crippen LogP contribution in [0.3, 0.4) is 0 Å². The van der Waals surface area contributed by atoms with Gasteiger partial charge < -0.3 is 5.11 Å². The summed E-state index contributed by atoms with van der Waals surface area (Å²) in [6.45, 7) is 5.29. The highest BCUT2D eigenvalue weighted by Crippen LogP contribution is 2.02. The van der Waals surface area contributed by atoms with Gasteiger partial charge in [0.1, 0.15) is 0 Å². The van der Waals surface area contributed by atoms with E-state index < -0.39 is 0 Å². The summed E-state index contributed by atoms with van der Waals surface area (Å²) in [5.74, 6) is 0. The van der Waals surface area contributed by atoms with Crippen molar-refractivity contribution in [1.82, 2.24) is 0 Å². The van der Waals surface area contributed by atoms with E-state index in [0.717, 1.165) is 25.7 Å². The normalized spacial score (nSPS) is 12.2. The van der Waals surface area contributed by atoms with Crippen LogP contribution >= 0.6 is 0 Å². The lowest BCUT2D eigenvalue weighted by Gasteiger charge is -2.00. The van der Waals surface area contributed by atoms with Crippen LogP contribution in [0.15, 0.2) is 18.4 Å². The Bertz CT molecular complexity index is 110. The Labute approximate surface area is 63.1 Å². The summed E-state index contributed by atoms with van der Waals surface area (Å²) in [6, 6.07) is 0. The van der Waals surface area contributed by atoms with Gasteiger partial charge in [-0.1, -0.05) is 13.0 Å². The minimum Gasteiger partial charge on any atom is -0.393 e. The average Bonchev–Trinajstić information content (AvgIpc) is 1.87. The van der Waals surface area contributed by atoms with Crippen LogP contribution in [0.2, 0.25) is 0 Å². The zero-order valence-electron chi connectivity index (χ0n) is 6.64. The number of allylic oxidation sites excluding steroid dienone is 1. The van der Waals surface area contributed by atoms with E-state index >= 15 is 0 Å². The molecule has 0 saturated carbocycles. The van der Waals surface area contributed by atoms with E-state index in [-0.39, 0.29) is 6.10 Å². The molecule has 10 heavy (non-hydrogen) atoms. The molecule has 0 aromatic heterocycles. The maximum Gasteiger partial charge on any atom is 0.0512 e. The molecule has 0 heterocycles. The number of aliphatic hydroxyl groups excluding tert-OH is 1. The number of rotatable bonds is 5. The van der Waals surface area contributed by atoms with Crippen LogP contribution in [0.4, 0.5) is 0 Å². The predicted octanol–water partition coefficient (Wildman–Crippen LogP) is 2.27. The van der Waals surface area contributed by atoms with Crippen molar-refractivity contribution in [2.75, 3.05) is 0 Å². The smallest absolute Gasteiger partial charge is 0.0512 e. The minimum atomic E-state index is -0.146. The van der Waals surface area contributed by atoms with Gasteiger partial charge in [0, 0.05) is 0 Å². The standard InChI is InChI=1S/C9H16O/c1-3-4-5-6-7-8-9(2)10/h4,9-10H,1,5-8H2,2H3. The molecule has 0 aliphatic carbocycles. The average molecular weight is 140 g/mol. The molecular formula is C9H16O. The Kier molecular flexibility index (Phi) is 6.25. The van der Waals surface area contributed by atoms with Gasteiger partial charge in [-0.25, -0.2) is 0 Å². The molecular weight excluding hydrogens is 124 g/mol. The molecule has 0 aromatic rings. The molecule has 0 amide bonds. The van der Waals surface area contributed by atoms with E-state index in [2.05, 4.69) is 12.3 Å². The predicted molar refractivity (Wildman–Crippen MR) is 43.9 cm³/mol. The fourth-order valence-electron chi connectivity index (χ4n) is 0.788. The third-order valence-electron chi connectivity index (χ3n) is 1.36. The Morgan fingerprint density at radius 2 is 2.30 bits per heavy atom. The van der Waals surface area contributed by atoms with E-state index in [1.54, 1.807) is 0 Å². The SMILES string of the molecule is C=C=CCCCCC(C)O. The molecule has 0 aliphatic heterocycles. The highest BCUT2D eigenvalue weighted by atomic mass is 16.3. The molecule has 58 valence electrons. The molecule has 0 spiro atoms. The third-order valence-corrected chi connectivity index (χ3v) is 1.36. The highest BCUT2D eigenvalue weighted by molar-refractivity contribution is 4.74. The molecule has 0 fully saturated rings. The van der Waals surface area contributed by atoms with Crippen LogP contribution in [0, 0.1) is 0 Å². The zero-order chi connectivity index (χ0) is 7.82. The van der Waals surface area contributed by atoms with E-state index in [0.29, 0.717) is 0 Å². The maximum atomic E-state index is 8.87. The molecule has 0 saturated heterocycles. The van der Waals surface area contributed by atoms with Gasteiger partial charge in [0.2, 0.25) is 0 Å². The Hall–Kier alpha value is -0.520. The van der Waals surface area contributed by atoms with Crippen molar-refractivity contribution in [2.45, 2.75) is 38.7 Å². The summed E-state index contributed by atoms with van der Waals surface area (Å²) in [7, 11) is 0. The van der Waals surface area contributed by atoms with Gasteiger partial charge in [0.25, 0.3) is 0 Å². The number of aliphatic hydroxyl groups is 1. The highest BCUT2D eigenvalue weighted by Gasteiger charge is 1.92. The fraction of sp³-hybridized carbons (Fsp3) is 0.667. The quantitative estimate of drug-likeness (QED) is 0.459. The van der Waals surface area contributed by atoms with Gasteiger partial charge in [-0.15, -0.1) is 5.73 Å². The molecule has 0 rings (SSSR count). The summed E-state index contributed by atoms with van der Waals surface area (Å²) in [4.78, 5) is 0. The number of unbranched alkanes of at least 4 members (excludes halogenated alkanes) is 2. The van der Waals surface area contributed by atoms with E-state index in [1.807, 2.05) is 13.0 Å². The van der Waals surface area contributed by atoms with Gasteiger partial charge >= 0.3 is 0 Å². The fourth-order valence-corrected chi connectivity index (χ4v) is 0.788.